The van der Waals surface area contributed by atoms with Gasteiger partial charge in [-0.1, -0.05) is 6.42 Å². The van der Waals surface area contributed by atoms with Crippen LogP contribution in [-0.2, 0) is 4.79 Å². The molecule has 0 spiro atoms. The monoisotopic (exact) mass is 298 g/mol. The van der Waals surface area contributed by atoms with Gasteiger partial charge >= 0.3 is 0 Å². The SMILES string of the molecule is N#Cc1ccc(NC(=O)[C@H]2NCC[C@H]2N2CCCCC2)cc1. The number of hydrogen-bond donors (Lipinski definition) is 2. The van der Waals surface area contributed by atoms with Gasteiger partial charge in [0.05, 0.1) is 11.6 Å². The highest BCUT2D eigenvalue weighted by Gasteiger charge is 2.36. The van der Waals surface area contributed by atoms with Crippen LogP contribution in [0.1, 0.15) is 31.2 Å². The largest absolute Gasteiger partial charge is 0.325 e. The first-order chi connectivity index (χ1) is 10.8. The van der Waals surface area contributed by atoms with Crippen LogP contribution in [0.4, 0.5) is 5.69 Å². The molecule has 2 atom stereocenters. The van der Waals surface area contributed by atoms with Crippen LogP contribution < -0.4 is 10.6 Å². The number of amides is 1. The summed E-state index contributed by atoms with van der Waals surface area (Å²) < 4.78 is 0. The molecule has 0 unspecified atom stereocenters. The Morgan fingerprint density at radius 1 is 1.23 bits per heavy atom. The van der Waals surface area contributed by atoms with Crippen molar-refractivity contribution in [3.8, 4) is 6.07 Å². The molecule has 0 radical (unpaired) electrons. The lowest BCUT2D eigenvalue weighted by Gasteiger charge is -2.34. The molecule has 1 aromatic carbocycles. The molecular weight excluding hydrogens is 276 g/mol. The minimum atomic E-state index is -0.145. The average Bonchev–Trinajstić information content (AvgIpc) is 3.06. The molecule has 5 heteroatoms. The minimum absolute atomic E-state index is 0.0257. The van der Waals surface area contributed by atoms with E-state index in [1.54, 1.807) is 24.3 Å². The summed E-state index contributed by atoms with van der Waals surface area (Å²) in [6.45, 7) is 3.10. The fourth-order valence-corrected chi connectivity index (χ4v) is 3.45. The Bertz CT molecular complexity index is 557. The number of nitriles is 1. The molecule has 2 aliphatic heterocycles. The highest BCUT2D eigenvalue weighted by atomic mass is 16.2. The van der Waals surface area contributed by atoms with Gasteiger partial charge < -0.3 is 10.6 Å². The standard InChI is InChI=1S/C17H22N4O/c18-12-13-4-6-14(7-5-13)20-17(22)16-15(8-9-19-16)21-10-2-1-3-11-21/h4-7,15-16,19H,1-3,8-11H2,(H,20,22)/t15-,16+/m1/s1. The van der Waals surface area contributed by atoms with Crippen LogP contribution in [-0.4, -0.2) is 42.5 Å². The molecule has 1 amide bonds. The first-order valence-corrected chi connectivity index (χ1v) is 8.06. The first kappa shape index (κ1) is 15.0. The second kappa shape index (κ2) is 6.91. The normalized spacial score (nSPS) is 25.6. The molecule has 116 valence electrons. The number of nitrogens with one attached hydrogen (secondary N) is 2. The van der Waals surface area contributed by atoms with Gasteiger partial charge in [0.15, 0.2) is 0 Å². The summed E-state index contributed by atoms with van der Waals surface area (Å²) in [4.78, 5) is 15.0. The Morgan fingerprint density at radius 2 is 1.95 bits per heavy atom. The van der Waals surface area contributed by atoms with Crippen molar-refractivity contribution in [3.63, 3.8) is 0 Å². The van der Waals surface area contributed by atoms with Crippen molar-refractivity contribution in [2.75, 3.05) is 25.0 Å². The van der Waals surface area contributed by atoms with Gasteiger partial charge in [0, 0.05) is 11.7 Å². The van der Waals surface area contributed by atoms with E-state index in [1.165, 1.54) is 19.3 Å². The van der Waals surface area contributed by atoms with Crippen molar-refractivity contribution in [1.29, 1.82) is 5.26 Å². The predicted octanol–water partition coefficient (Wildman–Crippen LogP) is 1.71. The van der Waals surface area contributed by atoms with Crippen LogP contribution in [0, 0.1) is 11.3 Å². The van der Waals surface area contributed by atoms with Gasteiger partial charge in [0.1, 0.15) is 6.04 Å². The van der Waals surface area contributed by atoms with Crippen molar-refractivity contribution in [1.82, 2.24) is 10.2 Å². The van der Waals surface area contributed by atoms with Gasteiger partial charge in [-0.3, -0.25) is 9.69 Å². The smallest absolute Gasteiger partial charge is 0.243 e. The van der Waals surface area contributed by atoms with Crippen molar-refractivity contribution >= 4 is 11.6 Å². The van der Waals surface area contributed by atoms with E-state index in [4.69, 9.17) is 5.26 Å². The quantitative estimate of drug-likeness (QED) is 0.891. The molecule has 0 aromatic heterocycles. The summed E-state index contributed by atoms with van der Waals surface area (Å²) >= 11 is 0. The van der Waals surface area contributed by atoms with E-state index in [9.17, 15) is 4.79 Å². The molecular formula is C17H22N4O. The van der Waals surface area contributed by atoms with E-state index in [0.717, 1.165) is 31.7 Å². The van der Waals surface area contributed by atoms with Gasteiger partial charge in [-0.25, -0.2) is 0 Å². The fourth-order valence-electron chi connectivity index (χ4n) is 3.45. The highest BCUT2D eigenvalue weighted by molar-refractivity contribution is 5.95. The summed E-state index contributed by atoms with van der Waals surface area (Å²) in [5, 5.41) is 15.1. The van der Waals surface area contributed by atoms with Crippen molar-refractivity contribution in [2.24, 2.45) is 0 Å². The Kier molecular flexibility index (Phi) is 4.71. The lowest BCUT2D eigenvalue weighted by molar-refractivity contribution is -0.119. The summed E-state index contributed by atoms with van der Waals surface area (Å²) in [6, 6.07) is 9.24. The molecule has 2 saturated heterocycles. The number of hydrogen-bond acceptors (Lipinski definition) is 4. The number of benzene rings is 1. The number of anilines is 1. The number of piperidine rings is 1. The maximum atomic E-state index is 12.6. The zero-order chi connectivity index (χ0) is 15.4. The number of likely N-dealkylation sites (tertiary alicyclic amines) is 1. The molecule has 0 bridgehead atoms. The molecule has 3 rings (SSSR count). The Labute approximate surface area is 131 Å². The lowest BCUT2D eigenvalue weighted by atomic mass is 10.0. The molecule has 5 nitrogen and oxygen atoms in total. The van der Waals surface area contributed by atoms with Crippen LogP contribution in [0.5, 0.6) is 0 Å². The summed E-state index contributed by atoms with van der Waals surface area (Å²) in [5.74, 6) is 0.0257. The van der Waals surface area contributed by atoms with Crippen LogP contribution in [0.15, 0.2) is 24.3 Å². The molecule has 0 saturated carbocycles. The van der Waals surface area contributed by atoms with E-state index in [-0.39, 0.29) is 11.9 Å². The zero-order valence-corrected chi connectivity index (χ0v) is 12.7. The van der Waals surface area contributed by atoms with E-state index in [1.807, 2.05) is 0 Å². The van der Waals surface area contributed by atoms with E-state index in [0.29, 0.717) is 11.6 Å². The predicted molar refractivity (Wildman–Crippen MR) is 85.4 cm³/mol. The Hall–Kier alpha value is -1.90. The van der Waals surface area contributed by atoms with Crippen LogP contribution in [0.3, 0.4) is 0 Å². The summed E-state index contributed by atoms with van der Waals surface area (Å²) in [7, 11) is 0. The van der Waals surface area contributed by atoms with E-state index >= 15 is 0 Å². The number of carbonyl (C=O) groups excluding carboxylic acids is 1. The van der Waals surface area contributed by atoms with Crippen LogP contribution in [0.2, 0.25) is 0 Å². The average molecular weight is 298 g/mol. The molecule has 2 fully saturated rings. The first-order valence-electron chi connectivity index (χ1n) is 8.06. The summed E-state index contributed by atoms with van der Waals surface area (Å²) in [6.07, 6.45) is 4.81. The molecule has 0 aliphatic carbocycles. The topological polar surface area (TPSA) is 68.2 Å². The van der Waals surface area contributed by atoms with Gasteiger partial charge in [-0.2, -0.15) is 5.26 Å². The maximum Gasteiger partial charge on any atom is 0.243 e. The van der Waals surface area contributed by atoms with Gasteiger partial charge in [0.25, 0.3) is 0 Å². The number of rotatable bonds is 3. The number of carbonyl (C=O) groups is 1. The van der Waals surface area contributed by atoms with Crippen molar-refractivity contribution in [2.45, 2.75) is 37.8 Å². The van der Waals surface area contributed by atoms with Gasteiger partial charge in [-0.05, 0) is 63.2 Å². The van der Waals surface area contributed by atoms with E-state index < -0.39 is 0 Å². The fraction of sp³-hybridized carbons (Fsp3) is 0.529. The molecule has 2 N–H and O–H groups in total. The van der Waals surface area contributed by atoms with Crippen LogP contribution in [0.25, 0.3) is 0 Å². The summed E-state index contributed by atoms with van der Waals surface area (Å²) in [5.41, 5.74) is 1.35. The highest BCUT2D eigenvalue weighted by Crippen LogP contribution is 2.21. The Morgan fingerprint density at radius 3 is 2.64 bits per heavy atom. The number of nitrogens with zero attached hydrogens (tertiary/aromatic N) is 2. The molecule has 22 heavy (non-hydrogen) atoms. The third-order valence-electron chi connectivity index (χ3n) is 4.61. The zero-order valence-electron chi connectivity index (χ0n) is 12.7. The molecule has 2 heterocycles. The van der Waals surface area contributed by atoms with Crippen LogP contribution >= 0.6 is 0 Å². The minimum Gasteiger partial charge on any atom is -0.325 e. The second-order valence-electron chi connectivity index (χ2n) is 6.06. The van der Waals surface area contributed by atoms with Gasteiger partial charge in [-0.15, -0.1) is 0 Å². The Balaban J connectivity index is 1.63. The maximum absolute atomic E-state index is 12.6. The van der Waals surface area contributed by atoms with Crippen molar-refractivity contribution < 1.29 is 4.79 Å². The second-order valence-corrected chi connectivity index (χ2v) is 6.06. The molecule has 1 aromatic rings. The van der Waals surface area contributed by atoms with Gasteiger partial charge in [0.2, 0.25) is 5.91 Å². The molecule has 2 aliphatic rings. The third-order valence-corrected chi connectivity index (χ3v) is 4.61. The van der Waals surface area contributed by atoms with E-state index in [2.05, 4.69) is 21.6 Å². The lowest BCUT2D eigenvalue weighted by Crippen LogP contribution is -2.51. The van der Waals surface area contributed by atoms with Crippen molar-refractivity contribution in [3.05, 3.63) is 29.8 Å². The third kappa shape index (κ3) is 3.29.